The van der Waals surface area contributed by atoms with Crippen molar-refractivity contribution in [3.8, 4) is 0 Å². The van der Waals surface area contributed by atoms with Gasteiger partial charge >= 0.3 is 0 Å². The molecule has 0 bridgehead atoms. The van der Waals surface area contributed by atoms with E-state index in [0.717, 1.165) is 30.6 Å². The molecular weight excluding hydrogens is 332 g/mol. The molecule has 1 saturated carbocycles. The van der Waals surface area contributed by atoms with E-state index < -0.39 is 0 Å². The van der Waals surface area contributed by atoms with Crippen LogP contribution in [-0.4, -0.2) is 17.9 Å². The Bertz CT molecular complexity index is 747. The van der Waals surface area contributed by atoms with Crippen LogP contribution in [0.1, 0.15) is 47.3 Å². The summed E-state index contributed by atoms with van der Waals surface area (Å²) in [6.07, 6.45) is 8.89. The van der Waals surface area contributed by atoms with Gasteiger partial charge in [-0.3, -0.25) is 9.59 Å². The molecule has 5 heteroatoms. The molecule has 1 fully saturated rings. The Morgan fingerprint density at radius 1 is 1.04 bits per heavy atom. The monoisotopic (exact) mass is 354 g/mol. The van der Waals surface area contributed by atoms with Crippen molar-refractivity contribution in [1.29, 1.82) is 0 Å². The van der Waals surface area contributed by atoms with Crippen molar-refractivity contribution in [2.75, 3.05) is 5.32 Å². The fraction of sp³-hybridized carbons (Fsp3) is 0.300. The minimum absolute atomic E-state index is 0.120. The highest BCUT2D eigenvalue weighted by Crippen LogP contribution is 2.20. The summed E-state index contributed by atoms with van der Waals surface area (Å²) < 4.78 is 0. The number of nitrogens with one attached hydrogen (secondary N) is 2. The first-order valence-corrected chi connectivity index (χ1v) is 9.53. The number of carbonyl (C=O) groups is 2. The van der Waals surface area contributed by atoms with Crippen LogP contribution < -0.4 is 10.6 Å². The van der Waals surface area contributed by atoms with E-state index in [1.807, 2.05) is 29.6 Å². The van der Waals surface area contributed by atoms with E-state index >= 15 is 0 Å². The van der Waals surface area contributed by atoms with Crippen molar-refractivity contribution >= 4 is 34.9 Å². The average Bonchev–Trinajstić information content (AvgIpc) is 3.15. The lowest BCUT2D eigenvalue weighted by molar-refractivity contribution is -0.111. The molecule has 0 unspecified atom stereocenters. The molecule has 3 rings (SSSR count). The number of carbonyl (C=O) groups excluding carboxylic acids is 2. The number of hydrogen-bond acceptors (Lipinski definition) is 3. The van der Waals surface area contributed by atoms with E-state index in [4.69, 9.17) is 0 Å². The molecule has 2 aromatic rings. The van der Waals surface area contributed by atoms with Crippen LogP contribution in [-0.2, 0) is 4.79 Å². The molecule has 0 saturated heterocycles. The van der Waals surface area contributed by atoms with Gasteiger partial charge in [0.2, 0.25) is 5.91 Å². The number of para-hydroxylation sites is 1. The van der Waals surface area contributed by atoms with Crippen molar-refractivity contribution in [2.45, 2.75) is 38.1 Å². The molecule has 130 valence electrons. The quantitative estimate of drug-likeness (QED) is 0.779. The van der Waals surface area contributed by atoms with Crippen molar-refractivity contribution in [3.05, 3.63) is 58.3 Å². The Kier molecular flexibility index (Phi) is 6.01. The van der Waals surface area contributed by atoms with Crippen LogP contribution in [0.15, 0.2) is 47.9 Å². The highest BCUT2D eigenvalue weighted by molar-refractivity contribution is 7.10. The Morgan fingerprint density at radius 3 is 2.60 bits per heavy atom. The Hall–Kier alpha value is -2.40. The van der Waals surface area contributed by atoms with Crippen molar-refractivity contribution in [3.63, 3.8) is 0 Å². The van der Waals surface area contributed by atoms with Crippen molar-refractivity contribution in [1.82, 2.24) is 5.32 Å². The number of amides is 2. The van der Waals surface area contributed by atoms with Gasteiger partial charge in [0, 0.05) is 17.0 Å². The van der Waals surface area contributed by atoms with Crippen LogP contribution in [0.25, 0.3) is 6.08 Å². The summed E-state index contributed by atoms with van der Waals surface area (Å²) >= 11 is 1.57. The molecule has 25 heavy (non-hydrogen) atoms. The molecule has 0 spiro atoms. The third-order valence-corrected chi connectivity index (χ3v) is 5.15. The van der Waals surface area contributed by atoms with Gasteiger partial charge in [-0.2, -0.15) is 0 Å². The lowest BCUT2D eigenvalue weighted by Crippen LogP contribution is -2.36. The first-order valence-electron chi connectivity index (χ1n) is 8.65. The summed E-state index contributed by atoms with van der Waals surface area (Å²) in [6.45, 7) is 0. The van der Waals surface area contributed by atoms with E-state index in [1.165, 1.54) is 12.5 Å². The number of thiophene rings is 1. The molecule has 1 heterocycles. The zero-order chi connectivity index (χ0) is 17.5. The molecular formula is C20H22N2O2S. The normalized spacial score (nSPS) is 15.2. The molecule has 1 aliphatic rings. The molecule has 2 amide bonds. The number of hydrogen-bond donors (Lipinski definition) is 2. The Labute approximate surface area is 152 Å². The largest absolute Gasteiger partial charge is 0.349 e. The molecule has 1 aromatic carbocycles. The summed E-state index contributed by atoms with van der Waals surface area (Å²) in [4.78, 5) is 25.7. The maximum Gasteiger partial charge on any atom is 0.253 e. The Balaban J connectivity index is 1.65. The van der Waals surface area contributed by atoms with Crippen LogP contribution in [0.4, 0.5) is 5.69 Å². The van der Waals surface area contributed by atoms with Crippen LogP contribution >= 0.6 is 11.3 Å². The molecule has 1 aliphatic carbocycles. The lowest BCUT2D eigenvalue weighted by Gasteiger charge is -2.23. The SMILES string of the molecule is O=C(/C=C/c1cccs1)Nc1ccccc1C(=O)NC1CCCCC1. The fourth-order valence-electron chi connectivity index (χ4n) is 3.02. The number of benzene rings is 1. The van der Waals surface area contributed by atoms with E-state index in [9.17, 15) is 9.59 Å². The number of anilines is 1. The molecule has 0 aliphatic heterocycles. The average molecular weight is 354 g/mol. The zero-order valence-corrected chi connectivity index (χ0v) is 14.9. The van der Waals surface area contributed by atoms with E-state index in [1.54, 1.807) is 29.5 Å². The molecule has 0 atom stereocenters. The van der Waals surface area contributed by atoms with Gasteiger partial charge < -0.3 is 10.6 Å². The third-order valence-electron chi connectivity index (χ3n) is 4.31. The van der Waals surface area contributed by atoms with E-state index in [-0.39, 0.29) is 17.9 Å². The van der Waals surface area contributed by atoms with Crippen LogP contribution in [0.2, 0.25) is 0 Å². The summed E-state index contributed by atoms with van der Waals surface area (Å²) in [7, 11) is 0. The standard InChI is InChI=1S/C20H22N2O2S/c23-19(13-12-16-9-6-14-25-16)22-18-11-5-4-10-17(18)20(24)21-15-7-2-1-3-8-15/h4-6,9-15H,1-3,7-8H2,(H,21,24)(H,22,23)/b13-12+. The second-order valence-electron chi connectivity index (χ2n) is 6.19. The minimum Gasteiger partial charge on any atom is -0.349 e. The van der Waals surface area contributed by atoms with Gasteiger partial charge in [0.1, 0.15) is 0 Å². The number of rotatable bonds is 5. The fourth-order valence-corrected chi connectivity index (χ4v) is 3.64. The maximum atomic E-state index is 12.6. The lowest BCUT2D eigenvalue weighted by atomic mass is 9.95. The van der Waals surface area contributed by atoms with Gasteiger partial charge in [0.05, 0.1) is 11.3 Å². The van der Waals surface area contributed by atoms with Gasteiger partial charge in [-0.15, -0.1) is 11.3 Å². The summed E-state index contributed by atoms with van der Waals surface area (Å²) in [5, 5.41) is 7.87. The van der Waals surface area contributed by atoms with Crippen LogP contribution in [0.5, 0.6) is 0 Å². The summed E-state index contributed by atoms with van der Waals surface area (Å²) in [6, 6.07) is 11.3. The van der Waals surface area contributed by atoms with E-state index in [0.29, 0.717) is 11.3 Å². The second kappa shape index (κ2) is 8.62. The summed E-state index contributed by atoms with van der Waals surface area (Å²) in [5.74, 6) is -0.364. The summed E-state index contributed by atoms with van der Waals surface area (Å²) in [5.41, 5.74) is 1.04. The van der Waals surface area contributed by atoms with Crippen LogP contribution in [0, 0.1) is 0 Å². The Morgan fingerprint density at radius 2 is 1.84 bits per heavy atom. The highest BCUT2D eigenvalue weighted by atomic mass is 32.1. The van der Waals surface area contributed by atoms with Crippen molar-refractivity contribution in [2.24, 2.45) is 0 Å². The van der Waals surface area contributed by atoms with E-state index in [2.05, 4.69) is 10.6 Å². The van der Waals surface area contributed by atoms with Gasteiger partial charge in [-0.25, -0.2) is 0 Å². The highest BCUT2D eigenvalue weighted by Gasteiger charge is 2.18. The minimum atomic E-state index is -0.244. The first-order chi connectivity index (χ1) is 12.2. The molecule has 4 nitrogen and oxygen atoms in total. The van der Waals surface area contributed by atoms with Gasteiger partial charge in [-0.1, -0.05) is 37.5 Å². The zero-order valence-electron chi connectivity index (χ0n) is 14.0. The molecule has 0 radical (unpaired) electrons. The predicted molar refractivity (Wildman–Crippen MR) is 103 cm³/mol. The topological polar surface area (TPSA) is 58.2 Å². The van der Waals surface area contributed by atoms with Crippen molar-refractivity contribution < 1.29 is 9.59 Å². The smallest absolute Gasteiger partial charge is 0.253 e. The first kappa shape index (κ1) is 17.4. The third kappa shape index (κ3) is 5.03. The maximum absolute atomic E-state index is 12.6. The van der Waals surface area contributed by atoms with Crippen LogP contribution in [0.3, 0.4) is 0 Å². The van der Waals surface area contributed by atoms with Gasteiger partial charge in [0.15, 0.2) is 0 Å². The molecule has 2 N–H and O–H groups in total. The predicted octanol–water partition coefficient (Wildman–Crippen LogP) is 4.46. The second-order valence-corrected chi connectivity index (χ2v) is 7.17. The molecule has 1 aromatic heterocycles. The van der Waals surface area contributed by atoms with Gasteiger partial charge in [0.25, 0.3) is 5.91 Å². The van der Waals surface area contributed by atoms with Gasteiger partial charge in [-0.05, 0) is 42.5 Å².